The van der Waals surface area contributed by atoms with Gasteiger partial charge in [-0.3, -0.25) is 9.78 Å². The first-order valence-corrected chi connectivity index (χ1v) is 6.83. The van der Waals surface area contributed by atoms with Gasteiger partial charge in [0.25, 0.3) is 5.91 Å². The lowest BCUT2D eigenvalue weighted by molar-refractivity contribution is 0.0720. The monoisotopic (exact) mass is 301 g/mol. The Kier molecular flexibility index (Phi) is 3.66. The van der Waals surface area contributed by atoms with Crippen molar-refractivity contribution in [2.24, 2.45) is 5.10 Å². The minimum atomic E-state index is -0.700. The molecule has 1 aliphatic rings. The molecule has 1 aromatic carbocycles. The third-order valence-corrected chi connectivity index (χ3v) is 3.53. The molecule has 2 heterocycles. The molecule has 0 bridgehead atoms. The van der Waals surface area contributed by atoms with Crippen LogP contribution in [-0.4, -0.2) is 27.7 Å². The minimum absolute atomic E-state index is 0.0969. The van der Waals surface area contributed by atoms with Gasteiger partial charge in [-0.2, -0.15) is 5.10 Å². The molecular formula is C16H13F2N3O. The fourth-order valence-electron chi connectivity index (χ4n) is 2.41. The molecule has 1 aliphatic heterocycles. The van der Waals surface area contributed by atoms with Crippen molar-refractivity contribution < 1.29 is 13.6 Å². The van der Waals surface area contributed by atoms with Gasteiger partial charge >= 0.3 is 0 Å². The fourth-order valence-corrected chi connectivity index (χ4v) is 2.41. The summed E-state index contributed by atoms with van der Waals surface area (Å²) in [5.74, 6) is -1.65. The Hall–Kier alpha value is -2.63. The van der Waals surface area contributed by atoms with E-state index in [1.54, 1.807) is 25.1 Å². The summed E-state index contributed by atoms with van der Waals surface area (Å²) in [4.78, 5) is 16.0. The van der Waals surface area contributed by atoms with Crippen LogP contribution in [0.4, 0.5) is 8.78 Å². The molecule has 0 saturated carbocycles. The highest BCUT2D eigenvalue weighted by atomic mass is 19.1. The molecule has 1 aromatic heterocycles. The molecule has 22 heavy (non-hydrogen) atoms. The van der Waals surface area contributed by atoms with Crippen molar-refractivity contribution in [3.05, 3.63) is 65.5 Å². The number of benzene rings is 1. The normalized spacial score (nSPS) is 17.5. The average molecular weight is 301 g/mol. The van der Waals surface area contributed by atoms with Crippen molar-refractivity contribution in [3.8, 4) is 0 Å². The van der Waals surface area contributed by atoms with E-state index in [1.807, 2.05) is 0 Å². The summed E-state index contributed by atoms with van der Waals surface area (Å²) in [5, 5.41) is 5.39. The highest BCUT2D eigenvalue weighted by Crippen LogP contribution is 2.23. The molecule has 0 aliphatic carbocycles. The van der Waals surface area contributed by atoms with Crippen LogP contribution in [0.3, 0.4) is 0 Å². The van der Waals surface area contributed by atoms with Crippen molar-refractivity contribution in [2.75, 3.05) is 0 Å². The zero-order valence-corrected chi connectivity index (χ0v) is 11.8. The third kappa shape index (κ3) is 2.47. The first kappa shape index (κ1) is 14.3. The van der Waals surface area contributed by atoms with E-state index < -0.39 is 17.5 Å². The molecule has 0 N–H and O–H groups in total. The van der Waals surface area contributed by atoms with Crippen LogP contribution in [0.15, 0.2) is 47.8 Å². The molecule has 1 atom stereocenters. The van der Waals surface area contributed by atoms with E-state index in [-0.39, 0.29) is 11.6 Å². The Morgan fingerprint density at radius 3 is 2.73 bits per heavy atom. The van der Waals surface area contributed by atoms with Crippen LogP contribution < -0.4 is 0 Å². The lowest BCUT2D eigenvalue weighted by atomic mass is 10.0. The van der Waals surface area contributed by atoms with Gasteiger partial charge in [0.05, 0.1) is 23.5 Å². The molecule has 2 aromatic rings. The number of halogens is 2. The molecule has 0 fully saturated rings. The molecule has 3 rings (SSSR count). The zero-order valence-electron chi connectivity index (χ0n) is 11.8. The van der Waals surface area contributed by atoms with Gasteiger partial charge in [-0.05, 0) is 19.1 Å². The number of hydrogen-bond donors (Lipinski definition) is 0. The van der Waals surface area contributed by atoms with Crippen molar-refractivity contribution in [1.82, 2.24) is 9.99 Å². The third-order valence-electron chi connectivity index (χ3n) is 3.53. The van der Waals surface area contributed by atoms with Gasteiger partial charge in [0.2, 0.25) is 0 Å². The Morgan fingerprint density at radius 2 is 2.00 bits per heavy atom. The van der Waals surface area contributed by atoms with Gasteiger partial charge < -0.3 is 0 Å². The van der Waals surface area contributed by atoms with Gasteiger partial charge in [-0.15, -0.1) is 0 Å². The first-order valence-electron chi connectivity index (χ1n) is 6.83. The number of carbonyl (C=O) groups is 1. The van der Waals surface area contributed by atoms with E-state index in [4.69, 9.17) is 0 Å². The minimum Gasteiger partial charge on any atom is -0.267 e. The van der Waals surface area contributed by atoms with Crippen molar-refractivity contribution in [2.45, 2.75) is 19.4 Å². The maximum Gasteiger partial charge on any atom is 0.277 e. The Balaban J connectivity index is 1.94. The van der Waals surface area contributed by atoms with Crippen LogP contribution in [0.5, 0.6) is 0 Å². The number of nitrogens with zero attached hydrogens (tertiary/aromatic N) is 3. The summed E-state index contributed by atoms with van der Waals surface area (Å²) in [6.45, 7) is 1.79. The number of hydrogen-bond acceptors (Lipinski definition) is 3. The SMILES string of the molecule is CC1CC(c2ccccc2F)=NN1C(=O)c1ccncc1F. The molecule has 112 valence electrons. The maximum atomic E-state index is 13.8. The second-order valence-electron chi connectivity index (χ2n) is 5.08. The number of pyridine rings is 1. The molecule has 0 radical (unpaired) electrons. The van der Waals surface area contributed by atoms with Crippen LogP contribution in [0.2, 0.25) is 0 Å². The molecule has 1 unspecified atom stereocenters. The molecule has 6 heteroatoms. The summed E-state index contributed by atoms with van der Waals surface area (Å²) in [5.41, 5.74) is 0.744. The predicted octanol–water partition coefficient (Wildman–Crippen LogP) is 3.00. The highest BCUT2D eigenvalue weighted by Gasteiger charge is 2.31. The van der Waals surface area contributed by atoms with E-state index in [0.29, 0.717) is 17.7 Å². The largest absolute Gasteiger partial charge is 0.277 e. The van der Waals surface area contributed by atoms with Crippen LogP contribution >= 0.6 is 0 Å². The van der Waals surface area contributed by atoms with E-state index >= 15 is 0 Å². The quantitative estimate of drug-likeness (QED) is 0.856. The average Bonchev–Trinajstić information content (AvgIpc) is 2.89. The van der Waals surface area contributed by atoms with Gasteiger partial charge in [-0.1, -0.05) is 18.2 Å². The fraction of sp³-hybridized carbons (Fsp3) is 0.188. The second-order valence-corrected chi connectivity index (χ2v) is 5.08. The lowest BCUT2D eigenvalue weighted by Gasteiger charge is -2.17. The summed E-state index contributed by atoms with van der Waals surface area (Å²) in [7, 11) is 0. The summed E-state index contributed by atoms with van der Waals surface area (Å²) in [6, 6.07) is 7.29. The Bertz CT molecular complexity index is 761. The first-order chi connectivity index (χ1) is 10.6. The molecule has 4 nitrogen and oxygen atoms in total. The summed E-state index contributed by atoms with van der Waals surface area (Å²) < 4.78 is 27.5. The van der Waals surface area contributed by atoms with Gasteiger partial charge in [0.15, 0.2) is 5.82 Å². The topological polar surface area (TPSA) is 45.6 Å². The van der Waals surface area contributed by atoms with Crippen molar-refractivity contribution in [1.29, 1.82) is 0 Å². The van der Waals surface area contributed by atoms with E-state index in [2.05, 4.69) is 10.1 Å². The molecule has 0 spiro atoms. The lowest BCUT2D eigenvalue weighted by Crippen LogP contribution is -2.31. The number of rotatable bonds is 2. The van der Waals surface area contributed by atoms with Crippen LogP contribution in [0, 0.1) is 11.6 Å². The van der Waals surface area contributed by atoms with Gasteiger partial charge in [0, 0.05) is 18.2 Å². The van der Waals surface area contributed by atoms with Crippen LogP contribution in [0.25, 0.3) is 0 Å². The number of amides is 1. The summed E-state index contributed by atoms with van der Waals surface area (Å²) in [6.07, 6.45) is 2.74. The number of aromatic nitrogens is 1. The smallest absolute Gasteiger partial charge is 0.267 e. The van der Waals surface area contributed by atoms with Crippen LogP contribution in [0.1, 0.15) is 29.3 Å². The highest BCUT2D eigenvalue weighted by molar-refractivity contribution is 6.05. The van der Waals surface area contributed by atoms with E-state index in [1.165, 1.54) is 23.3 Å². The molecule has 1 amide bonds. The van der Waals surface area contributed by atoms with Crippen molar-refractivity contribution in [3.63, 3.8) is 0 Å². The second kappa shape index (κ2) is 5.63. The molecular weight excluding hydrogens is 288 g/mol. The van der Waals surface area contributed by atoms with Crippen molar-refractivity contribution >= 4 is 11.6 Å². The standard InChI is InChI=1S/C16H13F2N3O/c1-10-8-15(11-4-2-3-5-13(11)17)20-21(10)16(22)12-6-7-19-9-14(12)18/h2-7,9-10H,8H2,1H3. The Labute approximate surface area is 126 Å². The van der Waals surface area contributed by atoms with Crippen LogP contribution in [-0.2, 0) is 0 Å². The van der Waals surface area contributed by atoms with Gasteiger partial charge in [0.1, 0.15) is 5.82 Å². The van der Waals surface area contributed by atoms with Gasteiger partial charge in [-0.25, -0.2) is 13.8 Å². The Morgan fingerprint density at radius 1 is 1.23 bits per heavy atom. The zero-order chi connectivity index (χ0) is 15.7. The van der Waals surface area contributed by atoms with E-state index in [0.717, 1.165) is 6.20 Å². The maximum absolute atomic E-state index is 13.8. The molecule has 0 saturated heterocycles. The predicted molar refractivity (Wildman–Crippen MR) is 77.4 cm³/mol. The van der Waals surface area contributed by atoms with E-state index in [9.17, 15) is 13.6 Å². The summed E-state index contributed by atoms with van der Waals surface area (Å²) >= 11 is 0. The number of hydrazone groups is 1. The number of carbonyl (C=O) groups excluding carboxylic acids is 1.